The molecule has 1 aromatic rings. The summed E-state index contributed by atoms with van der Waals surface area (Å²) < 4.78 is 27.6. The number of sulfonamides is 1. The van der Waals surface area contributed by atoms with E-state index in [2.05, 4.69) is 15.1 Å². The zero-order chi connectivity index (χ0) is 15.6. The molecule has 4 N–H and O–H groups in total. The first-order valence-electron chi connectivity index (χ1n) is 6.09. The molecule has 21 heavy (non-hydrogen) atoms. The van der Waals surface area contributed by atoms with Crippen LogP contribution >= 0.6 is 12.4 Å². The Morgan fingerprint density at radius 2 is 2.10 bits per heavy atom. The second-order valence-electron chi connectivity index (χ2n) is 5.40. The van der Waals surface area contributed by atoms with E-state index >= 15 is 0 Å². The summed E-state index contributed by atoms with van der Waals surface area (Å²) in [6.45, 7) is 5.24. The van der Waals surface area contributed by atoms with E-state index < -0.39 is 27.5 Å². The zero-order valence-corrected chi connectivity index (χ0v) is 14.1. The molecule has 1 atom stereocenters. The zero-order valence-electron chi connectivity index (χ0n) is 12.5. The molecule has 0 aliphatic carbocycles. The number of rotatable bonds is 6. The van der Waals surface area contributed by atoms with Crippen LogP contribution in [0.25, 0.3) is 0 Å². The summed E-state index contributed by atoms with van der Waals surface area (Å²) in [4.78, 5) is 11.8. The lowest BCUT2D eigenvalue weighted by Gasteiger charge is -2.21. The minimum atomic E-state index is -3.76. The molecule has 0 saturated heterocycles. The molecule has 1 rings (SSSR count). The number of nitrogens with zero attached hydrogens (tertiary/aromatic N) is 2. The minimum Gasteiger partial charge on any atom is -0.353 e. The summed E-state index contributed by atoms with van der Waals surface area (Å²) >= 11 is 0. The molecule has 0 aliphatic rings. The van der Waals surface area contributed by atoms with Gasteiger partial charge in [0.05, 0.1) is 12.2 Å². The van der Waals surface area contributed by atoms with Crippen molar-refractivity contribution in [3.8, 4) is 0 Å². The molecule has 0 fully saturated rings. The van der Waals surface area contributed by atoms with Crippen LogP contribution in [0.15, 0.2) is 17.3 Å². The van der Waals surface area contributed by atoms with Gasteiger partial charge >= 0.3 is 0 Å². The van der Waals surface area contributed by atoms with E-state index in [0.29, 0.717) is 0 Å². The topological polar surface area (TPSA) is 119 Å². The molecule has 0 aromatic carbocycles. The van der Waals surface area contributed by atoms with Crippen molar-refractivity contribution in [3.63, 3.8) is 0 Å². The van der Waals surface area contributed by atoms with Crippen molar-refractivity contribution in [2.24, 2.45) is 12.8 Å². The van der Waals surface area contributed by atoms with E-state index in [4.69, 9.17) is 5.73 Å². The first-order valence-corrected chi connectivity index (χ1v) is 7.57. The van der Waals surface area contributed by atoms with Crippen molar-refractivity contribution < 1.29 is 13.2 Å². The third-order valence-electron chi connectivity index (χ3n) is 2.43. The Bertz CT molecular complexity index is 579. The highest BCUT2D eigenvalue weighted by Gasteiger charge is 2.24. The Hall–Kier alpha value is -1.16. The monoisotopic (exact) mass is 339 g/mol. The number of nitrogens with two attached hydrogens (primary N) is 1. The maximum absolute atomic E-state index is 12.0. The molecular formula is C11H22ClN5O3S. The normalized spacial score (nSPS) is 13.4. The van der Waals surface area contributed by atoms with Gasteiger partial charge in [0.1, 0.15) is 4.90 Å². The SMILES string of the molecule is CC(NS(=O)(=O)c1cnn(C)c1)C(=O)NCC(C)(C)N.Cl. The van der Waals surface area contributed by atoms with Crippen LogP contribution in [0, 0.1) is 0 Å². The second-order valence-corrected chi connectivity index (χ2v) is 7.11. The van der Waals surface area contributed by atoms with Gasteiger partial charge in [-0.3, -0.25) is 9.48 Å². The lowest BCUT2D eigenvalue weighted by molar-refractivity contribution is -0.122. The van der Waals surface area contributed by atoms with Gasteiger partial charge in [-0.2, -0.15) is 9.82 Å². The summed E-state index contributed by atoms with van der Waals surface area (Å²) in [5.74, 6) is -0.434. The number of halogens is 1. The molecular weight excluding hydrogens is 318 g/mol. The maximum Gasteiger partial charge on any atom is 0.244 e. The number of carbonyl (C=O) groups excluding carboxylic acids is 1. The van der Waals surface area contributed by atoms with Crippen LogP contribution in [-0.2, 0) is 21.9 Å². The van der Waals surface area contributed by atoms with Crippen molar-refractivity contribution in [2.45, 2.75) is 37.2 Å². The van der Waals surface area contributed by atoms with E-state index in [9.17, 15) is 13.2 Å². The third kappa shape index (κ3) is 6.42. The molecule has 0 saturated carbocycles. The Kier molecular flexibility index (Phi) is 6.81. The van der Waals surface area contributed by atoms with Gasteiger partial charge in [-0.25, -0.2) is 8.42 Å². The predicted molar refractivity (Wildman–Crippen MR) is 81.5 cm³/mol. The molecule has 0 spiro atoms. The first-order chi connectivity index (χ1) is 9.01. The standard InChI is InChI=1S/C11H21N5O3S.ClH/c1-8(10(17)13-7-11(2,3)12)15-20(18,19)9-5-14-16(4)6-9;/h5-6,8,15H,7,12H2,1-4H3,(H,13,17);1H. The van der Waals surface area contributed by atoms with Crippen LogP contribution in [0.3, 0.4) is 0 Å². The highest BCUT2D eigenvalue weighted by atomic mass is 35.5. The molecule has 1 heterocycles. The number of aryl methyl sites for hydroxylation is 1. The quantitative estimate of drug-likeness (QED) is 0.637. The number of carbonyl (C=O) groups is 1. The van der Waals surface area contributed by atoms with E-state index in [1.807, 2.05) is 0 Å². The third-order valence-corrected chi connectivity index (χ3v) is 3.93. The van der Waals surface area contributed by atoms with Crippen LogP contribution in [0.1, 0.15) is 20.8 Å². The van der Waals surface area contributed by atoms with E-state index in [-0.39, 0.29) is 23.8 Å². The van der Waals surface area contributed by atoms with Gasteiger partial charge in [0, 0.05) is 25.3 Å². The first kappa shape index (κ1) is 19.8. The van der Waals surface area contributed by atoms with Crippen LogP contribution in [0.5, 0.6) is 0 Å². The molecule has 1 amide bonds. The van der Waals surface area contributed by atoms with Gasteiger partial charge in [-0.15, -0.1) is 12.4 Å². The van der Waals surface area contributed by atoms with Gasteiger partial charge in [0.2, 0.25) is 15.9 Å². The maximum atomic E-state index is 12.0. The fourth-order valence-electron chi connectivity index (χ4n) is 1.36. The lowest BCUT2D eigenvalue weighted by Crippen LogP contribution is -2.50. The van der Waals surface area contributed by atoms with E-state index in [1.165, 1.54) is 24.0 Å². The Labute approximate surface area is 130 Å². The number of nitrogens with one attached hydrogen (secondary N) is 2. The van der Waals surface area contributed by atoms with Crippen molar-refractivity contribution in [3.05, 3.63) is 12.4 Å². The Morgan fingerprint density at radius 1 is 1.52 bits per heavy atom. The average molecular weight is 340 g/mol. The summed E-state index contributed by atoms with van der Waals surface area (Å²) in [6, 6.07) is -0.900. The Morgan fingerprint density at radius 3 is 2.52 bits per heavy atom. The molecule has 0 aliphatic heterocycles. The van der Waals surface area contributed by atoms with Crippen LogP contribution < -0.4 is 15.8 Å². The molecule has 1 aromatic heterocycles. The summed E-state index contributed by atoms with van der Waals surface area (Å²) in [7, 11) is -2.15. The molecule has 0 bridgehead atoms. The van der Waals surface area contributed by atoms with Crippen molar-refractivity contribution in [1.82, 2.24) is 19.8 Å². The highest BCUT2D eigenvalue weighted by Crippen LogP contribution is 2.07. The van der Waals surface area contributed by atoms with Crippen LogP contribution in [0.2, 0.25) is 0 Å². The smallest absolute Gasteiger partial charge is 0.244 e. The molecule has 0 radical (unpaired) electrons. The van der Waals surface area contributed by atoms with Gasteiger partial charge in [-0.1, -0.05) is 0 Å². The molecule has 1 unspecified atom stereocenters. The van der Waals surface area contributed by atoms with Gasteiger partial charge in [0.25, 0.3) is 0 Å². The summed E-state index contributed by atoms with van der Waals surface area (Å²) in [5, 5.41) is 6.37. The van der Waals surface area contributed by atoms with Gasteiger partial charge < -0.3 is 11.1 Å². The number of amides is 1. The van der Waals surface area contributed by atoms with Crippen LogP contribution in [-0.4, -0.2) is 42.2 Å². The predicted octanol–water partition coefficient (Wildman–Crippen LogP) is -0.638. The summed E-state index contributed by atoms with van der Waals surface area (Å²) in [6.07, 6.45) is 2.58. The summed E-state index contributed by atoms with van der Waals surface area (Å²) in [5.41, 5.74) is 5.18. The second kappa shape index (κ2) is 7.21. The van der Waals surface area contributed by atoms with Gasteiger partial charge in [-0.05, 0) is 20.8 Å². The molecule has 122 valence electrons. The fraction of sp³-hybridized carbons (Fsp3) is 0.636. The van der Waals surface area contributed by atoms with Crippen molar-refractivity contribution >= 4 is 28.3 Å². The highest BCUT2D eigenvalue weighted by molar-refractivity contribution is 7.89. The van der Waals surface area contributed by atoms with E-state index in [1.54, 1.807) is 20.9 Å². The Balaban J connectivity index is 0.00000400. The average Bonchev–Trinajstić information content (AvgIpc) is 2.71. The number of aromatic nitrogens is 2. The molecule has 8 nitrogen and oxygen atoms in total. The molecule has 10 heteroatoms. The largest absolute Gasteiger partial charge is 0.353 e. The minimum absolute atomic E-state index is 0. The number of hydrogen-bond acceptors (Lipinski definition) is 5. The van der Waals surface area contributed by atoms with Crippen molar-refractivity contribution in [2.75, 3.05) is 6.54 Å². The van der Waals surface area contributed by atoms with Crippen LogP contribution in [0.4, 0.5) is 0 Å². The number of hydrogen-bond donors (Lipinski definition) is 3. The van der Waals surface area contributed by atoms with Gasteiger partial charge in [0.15, 0.2) is 0 Å². The lowest BCUT2D eigenvalue weighted by atomic mass is 10.1. The van der Waals surface area contributed by atoms with E-state index in [0.717, 1.165) is 0 Å². The fourth-order valence-corrected chi connectivity index (χ4v) is 2.55. The van der Waals surface area contributed by atoms with Crippen molar-refractivity contribution in [1.29, 1.82) is 0 Å².